The number of aryl methyl sites for hydroxylation is 1. The van der Waals surface area contributed by atoms with Crippen LogP contribution in [0.1, 0.15) is 18.3 Å². The van der Waals surface area contributed by atoms with Gasteiger partial charge in [0.1, 0.15) is 6.54 Å². The molecule has 1 aliphatic heterocycles. The van der Waals surface area contributed by atoms with E-state index in [4.69, 9.17) is 0 Å². The summed E-state index contributed by atoms with van der Waals surface area (Å²) in [6.07, 6.45) is 0.598. The summed E-state index contributed by atoms with van der Waals surface area (Å²) in [7, 11) is 1.57. The van der Waals surface area contributed by atoms with Crippen LogP contribution in [0.2, 0.25) is 0 Å². The zero-order valence-electron chi connectivity index (χ0n) is 15.4. The van der Waals surface area contributed by atoms with Crippen LogP contribution in [0.25, 0.3) is 0 Å². The number of urea groups is 2. The van der Waals surface area contributed by atoms with Crippen molar-refractivity contribution < 1.29 is 14.4 Å². The van der Waals surface area contributed by atoms with Gasteiger partial charge in [0, 0.05) is 30.9 Å². The SMILES string of the molecule is Cc1cc(C[C@@H](C)NC(=O)Nc2cccc(N3C(=O)CN(C)C3=O)c2)n[nH]1. The number of H-pyrrole nitrogens is 1. The number of aromatic nitrogens is 2. The van der Waals surface area contributed by atoms with E-state index in [0.717, 1.165) is 16.3 Å². The largest absolute Gasteiger partial charge is 0.335 e. The second-order valence-corrected chi connectivity index (χ2v) is 6.66. The van der Waals surface area contributed by atoms with Gasteiger partial charge >= 0.3 is 12.1 Å². The Hall–Kier alpha value is -3.36. The van der Waals surface area contributed by atoms with Crippen LogP contribution in [0.3, 0.4) is 0 Å². The van der Waals surface area contributed by atoms with Gasteiger partial charge in [-0.1, -0.05) is 6.07 Å². The highest BCUT2D eigenvalue weighted by molar-refractivity contribution is 6.19. The molecule has 1 aromatic carbocycles. The highest BCUT2D eigenvalue weighted by Crippen LogP contribution is 2.23. The molecule has 3 rings (SSSR count). The number of likely N-dealkylation sites (N-methyl/N-ethyl adjacent to an activating group) is 1. The van der Waals surface area contributed by atoms with Gasteiger partial charge in [-0.15, -0.1) is 0 Å². The van der Waals surface area contributed by atoms with E-state index in [1.807, 2.05) is 19.9 Å². The summed E-state index contributed by atoms with van der Waals surface area (Å²) in [5, 5.41) is 12.6. The second kappa shape index (κ2) is 7.48. The van der Waals surface area contributed by atoms with E-state index in [-0.39, 0.29) is 30.6 Å². The summed E-state index contributed by atoms with van der Waals surface area (Å²) in [5.41, 5.74) is 2.75. The minimum absolute atomic E-state index is 0.0428. The monoisotopic (exact) mass is 370 g/mol. The lowest BCUT2D eigenvalue weighted by atomic mass is 10.2. The van der Waals surface area contributed by atoms with Crippen LogP contribution in [0.5, 0.6) is 0 Å². The Morgan fingerprint density at radius 2 is 2.11 bits per heavy atom. The van der Waals surface area contributed by atoms with Gasteiger partial charge in [0.2, 0.25) is 0 Å². The molecule has 0 aliphatic carbocycles. The maximum absolute atomic E-state index is 12.2. The number of anilines is 2. The Kier molecular flexibility index (Phi) is 5.11. The first-order valence-electron chi connectivity index (χ1n) is 8.60. The van der Waals surface area contributed by atoms with Gasteiger partial charge in [-0.05, 0) is 38.1 Å². The van der Waals surface area contributed by atoms with Crippen LogP contribution < -0.4 is 15.5 Å². The van der Waals surface area contributed by atoms with Crippen LogP contribution >= 0.6 is 0 Å². The van der Waals surface area contributed by atoms with Crippen LogP contribution in [0, 0.1) is 6.92 Å². The highest BCUT2D eigenvalue weighted by Gasteiger charge is 2.34. The third kappa shape index (κ3) is 4.25. The maximum atomic E-state index is 12.2. The molecule has 1 fully saturated rings. The maximum Gasteiger partial charge on any atom is 0.331 e. The predicted octanol–water partition coefficient (Wildman–Crippen LogP) is 1.87. The van der Waals surface area contributed by atoms with Gasteiger partial charge < -0.3 is 15.5 Å². The molecule has 1 aliphatic rings. The van der Waals surface area contributed by atoms with E-state index >= 15 is 0 Å². The Morgan fingerprint density at radius 1 is 1.33 bits per heavy atom. The molecule has 0 saturated carbocycles. The van der Waals surface area contributed by atoms with Crippen LogP contribution in [0.15, 0.2) is 30.3 Å². The van der Waals surface area contributed by atoms with Crippen molar-refractivity contribution in [2.75, 3.05) is 23.8 Å². The number of benzene rings is 1. The molecule has 0 radical (unpaired) electrons. The Labute approximate surface area is 156 Å². The summed E-state index contributed by atoms with van der Waals surface area (Å²) in [6, 6.07) is 7.68. The lowest BCUT2D eigenvalue weighted by molar-refractivity contribution is -0.116. The van der Waals surface area contributed by atoms with Crippen molar-refractivity contribution in [3.63, 3.8) is 0 Å². The van der Waals surface area contributed by atoms with Crippen molar-refractivity contribution in [1.29, 1.82) is 0 Å². The summed E-state index contributed by atoms with van der Waals surface area (Å²) >= 11 is 0. The number of rotatable bonds is 5. The zero-order chi connectivity index (χ0) is 19.6. The molecular formula is C18H22N6O3. The van der Waals surface area contributed by atoms with Crippen LogP contribution in [-0.2, 0) is 11.2 Å². The van der Waals surface area contributed by atoms with E-state index in [1.54, 1.807) is 31.3 Å². The van der Waals surface area contributed by atoms with Gasteiger partial charge in [0.25, 0.3) is 5.91 Å². The molecule has 1 aromatic heterocycles. The predicted molar refractivity (Wildman–Crippen MR) is 101 cm³/mol. The van der Waals surface area contributed by atoms with Gasteiger partial charge in [0.15, 0.2) is 0 Å². The number of nitrogens with zero attached hydrogens (tertiary/aromatic N) is 3. The normalized spacial score (nSPS) is 15.2. The third-order valence-corrected chi connectivity index (χ3v) is 4.15. The first-order valence-corrected chi connectivity index (χ1v) is 8.60. The van der Waals surface area contributed by atoms with Gasteiger partial charge in [-0.2, -0.15) is 5.10 Å². The first kappa shape index (κ1) is 18.4. The van der Waals surface area contributed by atoms with E-state index in [2.05, 4.69) is 20.8 Å². The third-order valence-electron chi connectivity index (χ3n) is 4.15. The molecule has 2 heterocycles. The van der Waals surface area contributed by atoms with Crippen molar-refractivity contribution in [3.8, 4) is 0 Å². The van der Waals surface area contributed by atoms with Crippen molar-refractivity contribution in [3.05, 3.63) is 41.7 Å². The fraction of sp³-hybridized carbons (Fsp3) is 0.333. The number of hydrogen-bond acceptors (Lipinski definition) is 4. The summed E-state index contributed by atoms with van der Waals surface area (Å²) in [5.74, 6) is -0.299. The number of aromatic amines is 1. The van der Waals surface area contributed by atoms with Crippen LogP contribution in [0.4, 0.5) is 21.0 Å². The molecule has 27 heavy (non-hydrogen) atoms. The molecule has 0 bridgehead atoms. The fourth-order valence-electron chi connectivity index (χ4n) is 2.93. The van der Waals surface area contributed by atoms with Gasteiger partial charge in [-0.25, -0.2) is 14.5 Å². The molecule has 3 N–H and O–H groups in total. The van der Waals surface area contributed by atoms with Gasteiger partial charge in [-0.3, -0.25) is 9.89 Å². The molecule has 142 valence electrons. The van der Waals surface area contributed by atoms with Crippen molar-refractivity contribution in [2.24, 2.45) is 0 Å². The number of nitrogens with one attached hydrogen (secondary N) is 3. The Morgan fingerprint density at radius 3 is 2.74 bits per heavy atom. The lowest BCUT2D eigenvalue weighted by Crippen LogP contribution is -2.37. The molecule has 0 spiro atoms. The smallest absolute Gasteiger partial charge is 0.331 e. The number of carbonyl (C=O) groups is 3. The molecule has 0 unspecified atom stereocenters. The minimum Gasteiger partial charge on any atom is -0.335 e. The first-order chi connectivity index (χ1) is 12.8. The van der Waals surface area contributed by atoms with E-state index in [9.17, 15) is 14.4 Å². The quantitative estimate of drug-likeness (QED) is 0.698. The second-order valence-electron chi connectivity index (χ2n) is 6.66. The van der Waals surface area contributed by atoms with E-state index < -0.39 is 0 Å². The molecule has 1 atom stereocenters. The van der Waals surface area contributed by atoms with Crippen molar-refractivity contribution in [2.45, 2.75) is 26.3 Å². The van der Waals surface area contributed by atoms with Crippen molar-refractivity contribution >= 4 is 29.3 Å². The Bertz CT molecular complexity index is 877. The highest BCUT2D eigenvalue weighted by atomic mass is 16.2. The molecule has 1 saturated heterocycles. The number of hydrogen-bond donors (Lipinski definition) is 3. The van der Waals surface area contributed by atoms with E-state index in [1.165, 1.54) is 4.90 Å². The average Bonchev–Trinajstić information content (AvgIpc) is 3.10. The number of amides is 5. The molecule has 2 aromatic rings. The number of imide groups is 1. The van der Waals surface area contributed by atoms with Crippen molar-refractivity contribution in [1.82, 2.24) is 20.4 Å². The Balaban J connectivity index is 1.61. The molecule has 5 amide bonds. The molecular weight excluding hydrogens is 348 g/mol. The lowest BCUT2D eigenvalue weighted by Gasteiger charge is -2.16. The fourth-order valence-corrected chi connectivity index (χ4v) is 2.93. The number of carbonyl (C=O) groups excluding carboxylic acids is 3. The van der Waals surface area contributed by atoms with Crippen LogP contribution in [-0.4, -0.2) is 52.7 Å². The minimum atomic E-state index is -0.385. The zero-order valence-corrected chi connectivity index (χ0v) is 15.4. The topological polar surface area (TPSA) is 110 Å². The average molecular weight is 370 g/mol. The van der Waals surface area contributed by atoms with Gasteiger partial charge in [0.05, 0.1) is 11.4 Å². The standard InChI is InChI=1S/C18H22N6O3/c1-11(7-14-8-12(2)21-22-14)19-17(26)20-13-5-4-6-15(9-13)24-16(25)10-23(3)18(24)27/h4-6,8-9,11H,7,10H2,1-3H3,(H,21,22)(H2,19,20,26)/t11-/m1/s1. The summed E-state index contributed by atoms with van der Waals surface area (Å²) in [6.45, 7) is 3.85. The molecule has 9 heteroatoms. The summed E-state index contributed by atoms with van der Waals surface area (Å²) < 4.78 is 0. The summed E-state index contributed by atoms with van der Waals surface area (Å²) in [4.78, 5) is 38.8. The molecule has 9 nitrogen and oxygen atoms in total. The van der Waals surface area contributed by atoms with E-state index in [0.29, 0.717) is 17.8 Å².